The van der Waals surface area contributed by atoms with E-state index < -0.39 is 0 Å². The van der Waals surface area contributed by atoms with E-state index in [0.717, 1.165) is 16.7 Å². The summed E-state index contributed by atoms with van der Waals surface area (Å²) >= 11 is 6.02. The minimum atomic E-state index is -0.324. The Labute approximate surface area is 142 Å². The van der Waals surface area contributed by atoms with Gasteiger partial charge in [0.2, 0.25) is 0 Å². The van der Waals surface area contributed by atoms with Crippen LogP contribution in [0.5, 0.6) is 5.75 Å². The number of rotatable bonds is 5. The molecule has 2 aromatic rings. The van der Waals surface area contributed by atoms with Gasteiger partial charge in [-0.2, -0.15) is 0 Å². The Bertz CT molecular complexity index is 750. The van der Waals surface area contributed by atoms with E-state index in [1.54, 1.807) is 18.2 Å². The van der Waals surface area contributed by atoms with E-state index >= 15 is 0 Å². The van der Waals surface area contributed by atoms with Gasteiger partial charge in [0.25, 0.3) is 0 Å². The normalized spacial score (nSPS) is 12.4. The third-order valence-corrected chi connectivity index (χ3v) is 3.81. The van der Waals surface area contributed by atoms with Crippen LogP contribution in [-0.2, 0) is 0 Å². The maximum atomic E-state index is 14.6. The number of ether oxygens (including phenoxy) is 1. The minimum absolute atomic E-state index is 0.229. The monoisotopic (exact) mass is 330 g/mol. The molecule has 0 fully saturated rings. The van der Waals surface area contributed by atoms with Crippen LogP contribution in [0.4, 0.5) is 4.39 Å². The first-order valence-electron chi connectivity index (χ1n) is 7.48. The first-order chi connectivity index (χ1) is 11.0. The van der Waals surface area contributed by atoms with Gasteiger partial charge in [-0.25, -0.2) is 4.39 Å². The summed E-state index contributed by atoms with van der Waals surface area (Å²) in [5, 5.41) is 0.623. The summed E-state index contributed by atoms with van der Waals surface area (Å²) in [5.74, 6) is 0.191. The lowest BCUT2D eigenvalue weighted by atomic mass is 9.96. The molecule has 0 unspecified atom stereocenters. The molecule has 0 N–H and O–H groups in total. The molecule has 0 aliphatic carbocycles. The molecule has 0 spiro atoms. The van der Waals surface area contributed by atoms with Crippen LogP contribution in [-0.4, -0.2) is 6.10 Å². The number of hydrogen-bond donors (Lipinski definition) is 0. The van der Waals surface area contributed by atoms with Gasteiger partial charge < -0.3 is 4.74 Å². The molecule has 120 valence electrons. The number of aryl methyl sites for hydroxylation is 1. The van der Waals surface area contributed by atoms with E-state index in [1.807, 2.05) is 45.1 Å². The predicted molar refractivity (Wildman–Crippen MR) is 96.6 cm³/mol. The largest absolute Gasteiger partial charge is 0.485 e. The first-order valence-corrected chi connectivity index (χ1v) is 7.86. The van der Waals surface area contributed by atoms with Crippen LogP contribution in [0, 0.1) is 12.7 Å². The van der Waals surface area contributed by atoms with Crippen LogP contribution in [0.25, 0.3) is 17.2 Å². The fourth-order valence-corrected chi connectivity index (χ4v) is 2.63. The van der Waals surface area contributed by atoms with E-state index in [-0.39, 0.29) is 11.9 Å². The first kappa shape index (κ1) is 17.3. The third kappa shape index (κ3) is 3.83. The SMILES string of the molecule is C=C[C@@H](C)Oc1c(C=CC)ccc(F)c1-c1ccc(Cl)cc1C. The number of halogens is 2. The highest BCUT2D eigenvalue weighted by Crippen LogP contribution is 2.39. The van der Waals surface area contributed by atoms with Crippen molar-refractivity contribution in [1.82, 2.24) is 0 Å². The van der Waals surface area contributed by atoms with Gasteiger partial charge in [-0.3, -0.25) is 0 Å². The minimum Gasteiger partial charge on any atom is -0.485 e. The highest BCUT2D eigenvalue weighted by molar-refractivity contribution is 6.30. The van der Waals surface area contributed by atoms with Gasteiger partial charge >= 0.3 is 0 Å². The molecule has 0 aromatic heterocycles. The predicted octanol–water partition coefficient (Wildman–Crippen LogP) is 6.44. The zero-order chi connectivity index (χ0) is 17.0. The molecule has 0 amide bonds. The van der Waals surface area contributed by atoms with E-state index in [2.05, 4.69) is 6.58 Å². The Morgan fingerprint density at radius 2 is 2.00 bits per heavy atom. The molecule has 0 saturated heterocycles. The fraction of sp³-hybridized carbons (Fsp3) is 0.200. The van der Waals surface area contributed by atoms with Crippen molar-refractivity contribution in [3.05, 3.63) is 71.0 Å². The molecule has 1 atom stereocenters. The van der Waals surface area contributed by atoms with Crippen molar-refractivity contribution in [2.45, 2.75) is 26.9 Å². The molecular weight excluding hydrogens is 311 g/mol. The van der Waals surface area contributed by atoms with Gasteiger partial charge in [0.1, 0.15) is 17.7 Å². The average Bonchev–Trinajstić information content (AvgIpc) is 2.51. The molecule has 0 bridgehead atoms. The molecule has 3 heteroatoms. The quantitative estimate of drug-likeness (QED) is 0.573. The Balaban J connectivity index is 2.73. The average molecular weight is 331 g/mol. The summed E-state index contributed by atoms with van der Waals surface area (Å²) in [6.07, 6.45) is 5.26. The molecule has 0 aliphatic rings. The van der Waals surface area contributed by atoms with Crippen LogP contribution in [0.3, 0.4) is 0 Å². The Morgan fingerprint density at radius 1 is 1.26 bits per heavy atom. The van der Waals surface area contributed by atoms with Gasteiger partial charge in [0.05, 0.1) is 5.56 Å². The summed E-state index contributed by atoms with van der Waals surface area (Å²) in [4.78, 5) is 0. The van der Waals surface area contributed by atoms with Crippen molar-refractivity contribution in [2.24, 2.45) is 0 Å². The molecule has 1 nitrogen and oxygen atoms in total. The fourth-order valence-electron chi connectivity index (χ4n) is 2.41. The van der Waals surface area contributed by atoms with Crippen LogP contribution in [0.15, 0.2) is 49.1 Å². The van der Waals surface area contributed by atoms with Crippen molar-refractivity contribution in [1.29, 1.82) is 0 Å². The summed E-state index contributed by atoms with van der Waals surface area (Å²) in [5.41, 5.74) is 2.94. The van der Waals surface area contributed by atoms with Gasteiger partial charge in [0, 0.05) is 10.6 Å². The van der Waals surface area contributed by atoms with E-state index in [9.17, 15) is 4.39 Å². The Morgan fingerprint density at radius 3 is 2.61 bits per heavy atom. The van der Waals surface area contributed by atoms with Gasteiger partial charge in [-0.15, -0.1) is 0 Å². The number of allylic oxidation sites excluding steroid dienone is 1. The summed E-state index contributed by atoms with van der Waals surface area (Å²) < 4.78 is 20.6. The lowest BCUT2D eigenvalue weighted by Crippen LogP contribution is -2.10. The summed E-state index contributed by atoms with van der Waals surface area (Å²) in [6.45, 7) is 9.42. The van der Waals surface area contributed by atoms with Crippen LogP contribution in [0.2, 0.25) is 5.02 Å². The zero-order valence-corrected chi connectivity index (χ0v) is 14.3. The molecule has 0 radical (unpaired) electrons. The second kappa shape index (κ2) is 7.47. The van der Waals surface area contributed by atoms with Gasteiger partial charge in [-0.05, 0) is 56.2 Å². The molecular formula is C20H20ClFO. The van der Waals surface area contributed by atoms with E-state index in [4.69, 9.17) is 16.3 Å². The topological polar surface area (TPSA) is 9.23 Å². The molecule has 0 aliphatic heterocycles. The van der Waals surface area contributed by atoms with Gasteiger partial charge in [-0.1, -0.05) is 42.5 Å². The Kier molecular flexibility index (Phi) is 5.62. The van der Waals surface area contributed by atoms with E-state index in [1.165, 1.54) is 6.07 Å². The number of hydrogen-bond acceptors (Lipinski definition) is 1. The molecule has 2 rings (SSSR count). The standard InChI is InChI=1S/C20H20ClFO/c1-5-7-15-8-11-18(22)19(20(15)23-14(4)6-2)17-10-9-16(21)12-13(17)3/h5-12,14H,2H2,1,3-4H3/t14-/m1/s1. The van der Waals surface area contributed by atoms with Crippen molar-refractivity contribution >= 4 is 17.7 Å². The Hall–Kier alpha value is -2.06. The second-order valence-electron chi connectivity index (χ2n) is 5.36. The van der Waals surface area contributed by atoms with Crippen LogP contribution < -0.4 is 4.74 Å². The maximum Gasteiger partial charge on any atom is 0.138 e. The highest BCUT2D eigenvalue weighted by Gasteiger charge is 2.18. The van der Waals surface area contributed by atoms with E-state index in [0.29, 0.717) is 16.3 Å². The second-order valence-corrected chi connectivity index (χ2v) is 5.80. The third-order valence-electron chi connectivity index (χ3n) is 3.58. The zero-order valence-electron chi connectivity index (χ0n) is 13.6. The highest BCUT2D eigenvalue weighted by atomic mass is 35.5. The lowest BCUT2D eigenvalue weighted by molar-refractivity contribution is 0.270. The molecule has 0 heterocycles. The molecule has 0 saturated carbocycles. The van der Waals surface area contributed by atoms with Crippen molar-refractivity contribution in [3.63, 3.8) is 0 Å². The van der Waals surface area contributed by atoms with Crippen molar-refractivity contribution in [3.8, 4) is 16.9 Å². The van der Waals surface area contributed by atoms with Crippen molar-refractivity contribution in [2.75, 3.05) is 0 Å². The smallest absolute Gasteiger partial charge is 0.138 e. The molecule has 23 heavy (non-hydrogen) atoms. The lowest BCUT2D eigenvalue weighted by Gasteiger charge is -2.19. The van der Waals surface area contributed by atoms with Gasteiger partial charge in [0.15, 0.2) is 0 Å². The van der Waals surface area contributed by atoms with Crippen molar-refractivity contribution < 1.29 is 9.13 Å². The molecule has 2 aromatic carbocycles. The summed E-state index contributed by atoms with van der Waals surface area (Å²) in [6, 6.07) is 8.58. The van der Waals surface area contributed by atoms with Crippen LogP contribution in [0.1, 0.15) is 25.0 Å². The maximum absolute atomic E-state index is 14.6. The number of benzene rings is 2. The van der Waals surface area contributed by atoms with Crippen LogP contribution >= 0.6 is 11.6 Å². The summed E-state index contributed by atoms with van der Waals surface area (Å²) in [7, 11) is 0.